The topological polar surface area (TPSA) is 68.9 Å². The van der Waals surface area contributed by atoms with Crippen LogP contribution in [0.25, 0.3) is 0 Å². The fourth-order valence-electron chi connectivity index (χ4n) is 0.878. The Morgan fingerprint density at radius 2 is 2.07 bits per heavy atom. The Labute approximate surface area is 100 Å². The van der Waals surface area contributed by atoms with Gasteiger partial charge in [0, 0.05) is 4.92 Å². The summed E-state index contributed by atoms with van der Waals surface area (Å²) < 4.78 is 0. The van der Waals surface area contributed by atoms with Gasteiger partial charge >= 0.3 is 0 Å². The lowest BCUT2D eigenvalue weighted by Crippen LogP contribution is -2.12. The smallest absolute Gasteiger partial charge is 0.215 e. The van der Waals surface area contributed by atoms with Gasteiger partial charge in [-0.05, 0) is 6.92 Å². The van der Waals surface area contributed by atoms with Crippen molar-refractivity contribution >= 4 is 35.0 Å². The zero-order valence-corrected chi connectivity index (χ0v) is 10.0. The third kappa shape index (κ3) is 3.81. The Hall–Kier alpha value is -0.590. The Morgan fingerprint density at radius 1 is 1.53 bits per heavy atom. The van der Waals surface area contributed by atoms with Gasteiger partial charge in [-0.15, -0.1) is 11.8 Å². The van der Waals surface area contributed by atoms with Crippen molar-refractivity contribution < 1.29 is 4.92 Å². The van der Waals surface area contributed by atoms with Crippen molar-refractivity contribution in [3.63, 3.8) is 0 Å². The Kier molecular flexibility index (Phi) is 4.56. The van der Waals surface area contributed by atoms with Gasteiger partial charge in [0.15, 0.2) is 0 Å². The Balaban J connectivity index is 2.76. The van der Waals surface area contributed by atoms with Crippen molar-refractivity contribution in [1.82, 2.24) is 9.97 Å². The van der Waals surface area contributed by atoms with Gasteiger partial charge in [0.05, 0.1) is 10.1 Å². The largest absolute Gasteiger partial charge is 0.265 e. The molecule has 0 spiro atoms. The van der Waals surface area contributed by atoms with Crippen LogP contribution >= 0.6 is 35.0 Å². The molecule has 1 rings (SSSR count). The van der Waals surface area contributed by atoms with E-state index in [9.17, 15) is 10.1 Å². The first-order valence-electron chi connectivity index (χ1n) is 3.95. The molecule has 5 nitrogen and oxygen atoms in total. The van der Waals surface area contributed by atoms with E-state index < -0.39 is 0 Å². The summed E-state index contributed by atoms with van der Waals surface area (Å²) in [5.74, 6) is 0. The zero-order chi connectivity index (χ0) is 11.4. The highest BCUT2D eigenvalue weighted by atomic mass is 35.5. The highest BCUT2D eigenvalue weighted by Gasteiger charge is 2.16. The van der Waals surface area contributed by atoms with E-state index in [-0.39, 0.29) is 27.0 Å². The molecule has 0 aliphatic rings. The summed E-state index contributed by atoms with van der Waals surface area (Å²) in [6.45, 7) is 1.55. The van der Waals surface area contributed by atoms with E-state index in [0.717, 1.165) is 0 Å². The predicted octanol–water partition coefficient (Wildman–Crippen LogP) is 2.54. The zero-order valence-electron chi connectivity index (χ0n) is 7.68. The summed E-state index contributed by atoms with van der Waals surface area (Å²) in [5, 5.41) is 10.5. The molecule has 1 heterocycles. The monoisotopic (exact) mass is 267 g/mol. The van der Waals surface area contributed by atoms with Crippen molar-refractivity contribution in [3.05, 3.63) is 26.7 Å². The third-order valence-corrected chi connectivity index (χ3v) is 3.41. The Morgan fingerprint density at radius 3 is 2.53 bits per heavy atom. The number of nitro groups is 1. The van der Waals surface area contributed by atoms with Gasteiger partial charge in [-0.2, -0.15) is 0 Å². The molecule has 1 aromatic rings. The highest BCUT2D eigenvalue weighted by Crippen LogP contribution is 2.33. The fourth-order valence-corrected chi connectivity index (χ4v) is 2.36. The molecule has 0 saturated heterocycles. The van der Waals surface area contributed by atoms with Gasteiger partial charge < -0.3 is 0 Å². The van der Waals surface area contributed by atoms with E-state index in [1.54, 1.807) is 6.92 Å². The summed E-state index contributed by atoms with van der Waals surface area (Å²) in [4.78, 5) is 17.9. The van der Waals surface area contributed by atoms with Crippen LogP contribution in [0.3, 0.4) is 0 Å². The minimum Gasteiger partial charge on any atom is -0.265 e. The Bertz CT molecular complexity index is 357. The minimum atomic E-state index is -0.386. The molecular weight excluding hydrogens is 261 g/mol. The van der Waals surface area contributed by atoms with Gasteiger partial charge in [-0.3, -0.25) is 10.1 Å². The number of nitrogens with zero attached hydrogens (tertiary/aromatic N) is 3. The van der Waals surface area contributed by atoms with Crippen LogP contribution in [-0.4, -0.2) is 26.7 Å². The fraction of sp³-hybridized carbons (Fsp3) is 0.429. The first-order chi connectivity index (χ1) is 7.00. The van der Waals surface area contributed by atoms with Crippen molar-refractivity contribution in [1.29, 1.82) is 0 Å². The number of hydrogen-bond acceptors (Lipinski definition) is 5. The lowest BCUT2D eigenvalue weighted by atomic mass is 10.5. The van der Waals surface area contributed by atoms with Gasteiger partial charge in [0.25, 0.3) is 0 Å². The summed E-state index contributed by atoms with van der Waals surface area (Å²) in [5.41, 5.74) is 0. The van der Waals surface area contributed by atoms with E-state index >= 15 is 0 Å². The van der Waals surface area contributed by atoms with Crippen LogP contribution in [-0.2, 0) is 0 Å². The normalized spacial score (nSPS) is 12.5. The molecule has 1 unspecified atom stereocenters. The van der Waals surface area contributed by atoms with E-state index in [2.05, 4.69) is 9.97 Å². The quantitative estimate of drug-likeness (QED) is 0.363. The van der Waals surface area contributed by atoms with Gasteiger partial charge in [0.1, 0.15) is 16.6 Å². The number of hydrogen-bond donors (Lipinski definition) is 0. The van der Waals surface area contributed by atoms with Crippen molar-refractivity contribution in [2.24, 2.45) is 0 Å². The van der Waals surface area contributed by atoms with E-state index in [4.69, 9.17) is 23.2 Å². The van der Waals surface area contributed by atoms with Gasteiger partial charge in [-0.1, -0.05) is 23.2 Å². The standard InChI is InChI=1S/C7H7Cl2N3O2S/c1-4(2-12(13)14)15-5-6(8)10-3-11-7(5)9/h3-4H,2H2,1H3. The van der Waals surface area contributed by atoms with Crippen LogP contribution in [0.4, 0.5) is 0 Å². The molecule has 0 saturated carbocycles. The average molecular weight is 268 g/mol. The van der Waals surface area contributed by atoms with Crippen LogP contribution in [0, 0.1) is 10.1 Å². The van der Waals surface area contributed by atoms with Crippen LogP contribution in [0.1, 0.15) is 6.92 Å². The second-order valence-electron chi connectivity index (χ2n) is 2.73. The molecule has 0 N–H and O–H groups in total. The summed E-state index contributed by atoms with van der Waals surface area (Å²) in [6, 6.07) is 0. The lowest BCUT2D eigenvalue weighted by Gasteiger charge is -2.08. The molecule has 1 atom stereocenters. The molecule has 15 heavy (non-hydrogen) atoms. The maximum atomic E-state index is 10.3. The number of thioether (sulfide) groups is 1. The highest BCUT2D eigenvalue weighted by molar-refractivity contribution is 8.00. The lowest BCUT2D eigenvalue weighted by molar-refractivity contribution is -0.478. The second-order valence-corrected chi connectivity index (χ2v) is 4.89. The molecule has 0 fully saturated rings. The summed E-state index contributed by atoms with van der Waals surface area (Å²) >= 11 is 12.8. The van der Waals surface area contributed by atoms with E-state index in [0.29, 0.717) is 4.90 Å². The SMILES string of the molecule is CC(C[N+](=O)[O-])Sc1c(Cl)ncnc1Cl. The van der Waals surface area contributed by atoms with Crippen LogP contribution in [0.15, 0.2) is 11.2 Å². The maximum Gasteiger partial charge on any atom is 0.215 e. The molecular formula is C7H7Cl2N3O2S. The molecule has 82 valence electrons. The van der Waals surface area contributed by atoms with Crippen LogP contribution in [0.2, 0.25) is 10.3 Å². The predicted molar refractivity (Wildman–Crippen MR) is 59.2 cm³/mol. The molecule has 0 aromatic carbocycles. The maximum absolute atomic E-state index is 10.3. The number of aromatic nitrogens is 2. The van der Waals surface area contributed by atoms with Gasteiger partial charge in [-0.25, -0.2) is 9.97 Å². The van der Waals surface area contributed by atoms with Crippen molar-refractivity contribution in [2.75, 3.05) is 6.54 Å². The average Bonchev–Trinajstić information content (AvgIpc) is 2.10. The second kappa shape index (κ2) is 5.48. The van der Waals surface area contributed by atoms with E-state index in [1.165, 1.54) is 18.1 Å². The van der Waals surface area contributed by atoms with Crippen LogP contribution in [0.5, 0.6) is 0 Å². The first kappa shape index (κ1) is 12.5. The third-order valence-electron chi connectivity index (χ3n) is 1.44. The molecule has 0 aliphatic carbocycles. The minimum absolute atomic E-state index is 0.160. The van der Waals surface area contributed by atoms with Crippen molar-refractivity contribution in [3.8, 4) is 0 Å². The van der Waals surface area contributed by atoms with Crippen molar-refractivity contribution in [2.45, 2.75) is 17.1 Å². The molecule has 0 bridgehead atoms. The molecule has 0 radical (unpaired) electrons. The molecule has 8 heteroatoms. The summed E-state index contributed by atoms with van der Waals surface area (Å²) in [7, 11) is 0. The van der Waals surface area contributed by atoms with Gasteiger partial charge in [0.2, 0.25) is 6.54 Å². The number of rotatable bonds is 4. The molecule has 0 amide bonds. The van der Waals surface area contributed by atoms with Crippen LogP contribution < -0.4 is 0 Å². The molecule has 1 aromatic heterocycles. The summed E-state index contributed by atoms with van der Waals surface area (Å²) in [6.07, 6.45) is 1.24. The first-order valence-corrected chi connectivity index (χ1v) is 5.58. The molecule has 0 aliphatic heterocycles. The number of halogens is 2. The van der Waals surface area contributed by atoms with E-state index in [1.807, 2.05) is 0 Å².